The van der Waals surface area contributed by atoms with Crippen molar-refractivity contribution >= 4 is 34.6 Å². The molecule has 2 aromatic heterocycles. The number of terminal acetylenes is 1. The average molecular weight is 510 g/mol. The van der Waals surface area contributed by atoms with Crippen molar-refractivity contribution in [2.45, 2.75) is 13.1 Å². The molecule has 2 heterocycles. The van der Waals surface area contributed by atoms with Gasteiger partial charge in [-0.1, -0.05) is 12.0 Å². The molecule has 0 aliphatic heterocycles. The van der Waals surface area contributed by atoms with Crippen LogP contribution in [0.4, 0.5) is 30.5 Å². The second kappa shape index (κ2) is 10.1. The molecule has 0 unspecified atom stereocenters. The van der Waals surface area contributed by atoms with E-state index in [4.69, 9.17) is 11.2 Å². The number of nitrogens with zero attached hydrogens (tertiary/aromatic N) is 3. The van der Waals surface area contributed by atoms with Crippen molar-refractivity contribution in [1.29, 1.82) is 0 Å². The third-order valence-corrected chi connectivity index (χ3v) is 6.11. The second-order valence-corrected chi connectivity index (χ2v) is 8.42. The van der Waals surface area contributed by atoms with Gasteiger partial charge in [-0.2, -0.15) is 13.2 Å². The number of nitrogens with one attached hydrogen (secondary N) is 2. The van der Waals surface area contributed by atoms with Gasteiger partial charge < -0.3 is 15.4 Å². The zero-order chi connectivity index (χ0) is 25.9. The molecule has 0 spiro atoms. The van der Waals surface area contributed by atoms with Crippen LogP contribution in [0.2, 0.25) is 0 Å². The van der Waals surface area contributed by atoms with Crippen molar-refractivity contribution in [2.24, 2.45) is 0 Å². The van der Waals surface area contributed by atoms with Crippen molar-refractivity contribution in [3.05, 3.63) is 76.6 Å². The first-order chi connectivity index (χ1) is 17.2. The highest BCUT2D eigenvalue weighted by molar-refractivity contribution is 7.17. The Morgan fingerprint density at radius 2 is 1.86 bits per heavy atom. The number of hydrogen-bond acceptors (Lipinski definition) is 7. The number of amides is 1. The summed E-state index contributed by atoms with van der Waals surface area (Å²) in [6, 6.07) is 13.2. The normalized spacial score (nSPS) is 11.0. The SMILES string of the molecule is C#Cc1cccc(NC(=O)c2sc(-c3cnc(Nc4ccc(OC)cc4)nc3C(F)(F)F)nc2C)c1. The van der Waals surface area contributed by atoms with Crippen LogP contribution >= 0.6 is 11.3 Å². The molecule has 4 aromatic rings. The first-order valence-corrected chi connectivity index (χ1v) is 11.2. The standard InChI is InChI=1S/C25H18F3N5O2S/c1-4-15-6-5-7-17(12-15)31-22(34)20-14(2)30-23(36-20)19-13-29-24(33-21(19)25(26,27)28)32-16-8-10-18(35-3)11-9-16/h1,5-13H,2-3H3,(H,31,34)(H,29,32,33). The maximum atomic E-state index is 13.9. The van der Waals surface area contributed by atoms with E-state index in [1.807, 2.05) is 0 Å². The Morgan fingerprint density at radius 1 is 1.11 bits per heavy atom. The van der Waals surface area contributed by atoms with E-state index in [1.165, 1.54) is 7.11 Å². The molecule has 0 saturated heterocycles. The lowest BCUT2D eigenvalue weighted by molar-refractivity contribution is -0.140. The van der Waals surface area contributed by atoms with E-state index in [0.717, 1.165) is 17.5 Å². The Bertz CT molecular complexity index is 1460. The third-order valence-electron chi connectivity index (χ3n) is 4.92. The van der Waals surface area contributed by atoms with Gasteiger partial charge in [0, 0.05) is 23.1 Å². The van der Waals surface area contributed by atoms with Gasteiger partial charge in [0.15, 0.2) is 5.69 Å². The van der Waals surface area contributed by atoms with Gasteiger partial charge in [-0.05, 0) is 49.4 Å². The summed E-state index contributed by atoms with van der Waals surface area (Å²) in [6.07, 6.45) is 1.64. The van der Waals surface area contributed by atoms with Crippen molar-refractivity contribution in [1.82, 2.24) is 15.0 Å². The van der Waals surface area contributed by atoms with Crippen LogP contribution in [0.3, 0.4) is 0 Å². The molecule has 1 amide bonds. The molecule has 36 heavy (non-hydrogen) atoms. The Morgan fingerprint density at radius 3 is 2.53 bits per heavy atom. The summed E-state index contributed by atoms with van der Waals surface area (Å²) in [6.45, 7) is 1.54. The Kier molecular flexibility index (Phi) is 6.89. The number of anilines is 3. The number of rotatable bonds is 6. The molecule has 0 saturated carbocycles. The Labute approximate surface area is 208 Å². The summed E-state index contributed by atoms with van der Waals surface area (Å²) >= 11 is 0.816. The summed E-state index contributed by atoms with van der Waals surface area (Å²) in [4.78, 5) is 24.9. The highest BCUT2D eigenvalue weighted by atomic mass is 32.1. The summed E-state index contributed by atoms with van der Waals surface area (Å²) < 4.78 is 46.8. The van der Waals surface area contributed by atoms with Crippen molar-refractivity contribution in [3.63, 3.8) is 0 Å². The zero-order valence-corrected chi connectivity index (χ0v) is 19.8. The van der Waals surface area contributed by atoms with Crippen LogP contribution in [-0.2, 0) is 6.18 Å². The number of halogens is 3. The highest BCUT2D eigenvalue weighted by Gasteiger charge is 2.37. The quantitative estimate of drug-likeness (QED) is 0.314. The summed E-state index contributed by atoms with van der Waals surface area (Å²) in [7, 11) is 1.51. The van der Waals surface area contributed by atoms with Gasteiger partial charge in [0.2, 0.25) is 5.95 Å². The minimum atomic E-state index is -4.79. The van der Waals surface area contributed by atoms with Crippen LogP contribution in [-0.4, -0.2) is 28.0 Å². The number of carbonyl (C=O) groups excluding carboxylic acids is 1. The minimum absolute atomic E-state index is 0.0293. The van der Waals surface area contributed by atoms with E-state index >= 15 is 0 Å². The maximum absolute atomic E-state index is 13.9. The molecule has 0 fully saturated rings. The molecule has 0 bridgehead atoms. The van der Waals surface area contributed by atoms with Gasteiger partial charge >= 0.3 is 6.18 Å². The molecule has 0 aliphatic carbocycles. The van der Waals surface area contributed by atoms with Gasteiger partial charge in [0.25, 0.3) is 5.91 Å². The van der Waals surface area contributed by atoms with Gasteiger partial charge in [0.05, 0.1) is 18.4 Å². The van der Waals surface area contributed by atoms with E-state index in [2.05, 4.69) is 31.5 Å². The fraction of sp³-hybridized carbons (Fsp3) is 0.120. The molecule has 0 aliphatic rings. The number of hydrogen-bond donors (Lipinski definition) is 2. The summed E-state index contributed by atoms with van der Waals surface area (Å²) in [5.74, 6) is 2.31. The topological polar surface area (TPSA) is 89.0 Å². The van der Waals surface area contributed by atoms with E-state index in [-0.39, 0.29) is 27.1 Å². The zero-order valence-electron chi connectivity index (χ0n) is 19.0. The lowest BCUT2D eigenvalue weighted by atomic mass is 10.2. The number of ether oxygens (including phenoxy) is 1. The van der Waals surface area contributed by atoms with Crippen LogP contribution in [0.5, 0.6) is 5.75 Å². The van der Waals surface area contributed by atoms with Crippen molar-refractivity contribution < 1.29 is 22.7 Å². The van der Waals surface area contributed by atoms with Gasteiger partial charge in [0.1, 0.15) is 15.6 Å². The number of aromatic nitrogens is 3. The molecule has 2 aromatic carbocycles. The van der Waals surface area contributed by atoms with Crippen molar-refractivity contribution in [3.8, 4) is 28.7 Å². The summed E-state index contributed by atoms with van der Waals surface area (Å²) in [5, 5.41) is 5.41. The first kappa shape index (κ1) is 24.7. The Balaban J connectivity index is 1.63. The van der Waals surface area contributed by atoms with E-state index in [9.17, 15) is 18.0 Å². The number of methoxy groups -OCH3 is 1. The van der Waals surface area contributed by atoms with E-state index < -0.39 is 17.8 Å². The van der Waals surface area contributed by atoms with Gasteiger partial charge in [-0.3, -0.25) is 4.79 Å². The Hall–Kier alpha value is -4.43. The predicted molar refractivity (Wildman–Crippen MR) is 131 cm³/mol. The van der Waals surface area contributed by atoms with E-state index in [0.29, 0.717) is 22.7 Å². The lowest BCUT2D eigenvalue weighted by Crippen LogP contribution is -2.12. The molecule has 7 nitrogen and oxygen atoms in total. The minimum Gasteiger partial charge on any atom is -0.497 e. The fourth-order valence-corrected chi connectivity index (χ4v) is 4.19. The molecule has 182 valence electrons. The van der Waals surface area contributed by atoms with Crippen molar-refractivity contribution in [2.75, 3.05) is 17.7 Å². The smallest absolute Gasteiger partial charge is 0.434 e. The molecular weight excluding hydrogens is 491 g/mol. The van der Waals surface area contributed by atoms with Gasteiger partial charge in [-0.25, -0.2) is 15.0 Å². The average Bonchev–Trinajstić information content (AvgIpc) is 3.25. The number of thiazole rings is 1. The summed E-state index contributed by atoms with van der Waals surface area (Å²) in [5.41, 5.74) is 0.284. The van der Waals surface area contributed by atoms with Gasteiger partial charge in [-0.15, -0.1) is 17.8 Å². The molecule has 0 radical (unpaired) electrons. The molecule has 0 atom stereocenters. The predicted octanol–water partition coefficient (Wildman–Crippen LogP) is 5.91. The monoisotopic (exact) mass is 509 g/mol. The molecular formula is C25H18F3N5O2S. The molecule has 2 N–H and O–H groups in total. The van der Waals surface area contributed by atoms with Crippen LogP contribution in [0.15, 0.2) is 54.7 Å². The number of alkyl halides is 3. The van der Waals surface area contributed by atoms with E-state index in [1.54, 1.807) is 55.5 Å². The van der Waals surface area contributed by atoms with Crippen LogP contribution < -0.4 is 15.4 Å². The fourth-order valence-electron chi connectivity index (χ4n) is 3.21. The first-order valence-electron chi connectivity index (χ1n) is 10.4. The maximum Gasteiger partial charge on any atom is 0.434 e. The second-order valence-electron chi connectivity index (χ2n) is 7.42. The molecule has 4 rings (SSSR count). The van der Waals surface area contributed by atoms with Crippen LogP contribution in [0.25, 0.3) is 10.6 Å². The largest absolute Gasteiger partial charge is 0.497 e. The van der Waals surface area contributed by atoms with Crippen LogP contribution in [0, 0.1) is 19.3 Å². The number of benzene rings is 2. The third kappa shape index (κ3) is 5.45. The number of aryl methyl sites for hydroxylation is 1. The number of carbonyl (C=O) groups is 1. The van der Waals surface area contributed by atoms with Crippen LogP contribution in [0.1, 0.15) is 26.6 Å². The molecule has 11 heteroatoms. The lowest BCUT2D eigenvalue weighted by Gasteiger charge is -2.12. The highest BCUT2D eigenvalue weighted by Crippen LogP contribution is 2.38.